The molecule has 1 aromatic rings. The molecule has 2 fully saturated rings. The van der Waals surface area contributed by atoms with Crippen molar-refractivity contribution in [2.75, 3.05) is 26.3 Å². The van der Waals surface area contributed by atoms with Gasteiger partial charge in [-0.25, -0.2) is 0 Å². The average Bonchev–Trinajstić information content (AvgIpc) is 3.21. The monoisotopic (exact) mass is 482 g/mol. The average molecular weight is 483 g/mol. The van der Waals surface area contributed by atoms with E-state index in [4.69, 9.17) is 4.74 Å². The highest BCUT2D eigenvalue weighted by Crippen LogP contribution is 2.60. The minimum Gasteiger partial charge on any atom is -0.465 e. The minimum absolute atomic E-state index is 0.0336. The van der Waals surface area contributed by atoms with Gasteiger partial charge in [-0.1, -0.05) is 54.6 Å². The Bertz CT molecular complexity index is 1010. The molecule has 5 rings (SSSR count). The number of fused-ring (bicyclic) bond motifs is 2. The van der Waals surface area contributed by atoms with Crippen LogP contribution in [-0.4, -0.2) is 75.0 Å². The number of benzene rings is 1. The van der Waals surface area contributed by atoms with Gasteiger partial charge < -0.3 is 19.6 Å². The second-order valence-corrected chi connectivity index (χ2v) is 10.8. The number of cyclic esters (lactones) is 1. The Morgan fingerprint density at radius 3 is 2.71 bits per heavy atom. The van der Waals surface area contributed by atoms with Crippen LogP contribution in [-0.2, 0) is 25.7 Å². The number of esters is 1. The van der Waals surface area contributed by atoms with Crippen molar-refractivity contribution < 1.29 is 24.2 Å². The van der Waals surface area contributed by atoms with Crippen LogP contribution in [0, 0.1) is 11.8 Å². The molecule has 4 heterocycles. The van der Waals surface area contributed by atoms with E-state index in [9.17, 15) is 19.5 Å². The van der Waals surface area contributed by atoms with Gasteiger partial charge in [0.25, 0.3) is 0 Å². The molecule has 4 aliphatic heterocycles. The largest absolute Gasteiger partial charge is 0.465 e. The third-order valence-electron chi connectivity index (χ3n) is 7.23. The van der Waals surface area contributed by atoms with Gasteiger partial charge in [0.1, 0.15) is 6.04 Å². The lowest BCUT2D eigenvalue weighted by Gasteiger charge is -2.35. The van der Waals surface area contributed by atoms with Crippen molar-refractivity contribution in [3.63, 3.8) is 0 Å². The summed E-state index contributed by atoms with van der Waals surface area (Å²) in [5.74, 6) is -1.85. The molecule has 0 saturated carbocycles. The fourth-order valence-electron chi connectivity index (χ4n) is 5.73. The first-order chi connectivity index (χ1) is 16.6. The summed E-state index contributed by atoms with van der Waals surface area (Å²) < 4.78 is 4.68. The third kappa shape index (κ3) is 3.86. The highest BCUT2D eigenvalue weighted by Gasteiger charge is 2.70. The molecule has 0 aromatic heterocycles. The molecule has 2 saturated heterocycles. The smallest absolute Gasteiger partial charge is 0.311 e. The van der Waals surface area contributed by atoms with Crippen molar-refractivity contribution in [2.45, 2.75) is 41.8 Å². The molecule has 5 atom stereocenters. The summed E-state index contributed by atoms with van der Waals surface area (Å²) in [6, 6.07) is 9.14. The highest BCUT2D eigenvalue weighted by molar-refractivity contribution is 8.02. The number of aliphatic hydroxyl groups excluding tert-OH is 1. The Labute approximate surface area is 203 Å². The van der Waals surface area contributed by atoms with Crippen LogP contribution >= 0.6 is 11.8 Å². The SMILES string of the molecule is O=C1OCCC=C[C@@H]2S[C@]34C=CCN(Cc5ccccc5)C(=O)C3N(CCCCO)C(=O)[C@@H]4[C@H]12. The maximum absolute atomic E-state index is 14.1. The Morgan fingerprint density at radius 2 is 1.91 bits per heavy atom. The lowest BCUT2D eigenvalue weighted by Crippen LogP contribution is -2.53. The summed E-state index contributed by atoms with van der Waals surface area (Å²) in [5, 5.41) is 9.08. The van der Waals surface area contributed by atoms with E-state index in [1.165, 1.54) is 0 Å². The van der Waals surface area contributed by atoms with Crippen LogP contribution in [0.2, 0.25) is 0 Å². The van der Waals surface area contributed by atoms with Crippen molar-refractivity contribution in [3.8, 4) is 0 Å². The number of hydrogen-bond donors (Lipinski definition) is 1. The topological polar surface area (TPSA) is 87.2 Å². The second kappa shape index (κ2) is 9.58. The van der Waals surface area contributed by atoms with Gasteiger partial charge in [0.2, 0.25) is 11.8 Å². The van der Waals surface area contributed by atoms with Gasteiger partial charge >= 0.3 is 5.97 Å². The first-order valence-corrected chi connectivity index (χ1v) is 12.9. The van der Waals surface area contributed by atoms with Crippen LogP contribution in [0.5, 0.6) is 0 Å². The Morgan fingerprint density at radius 1 is 1.09 bits per heavy atom. The number of amides is 2. The molecule has 34 heavy (non-hydrogen) atoms. The van der Waals surface area contributed by atoms with Crippen LogP contribution < -0.4 is 0 Å². The second-order valence-electron chi connectivity index (χ2n) is 9.30. The highest BCUT2D eigenvalue weighted by atomic mass is 32.2. The lowest BCUT2D eigenvalue weighted by molar-refractivity contribution is -0.153. The van der Waals surface area contributed by atoms with Crippen molar-refractivity contribution in [3.05, 3.63) is 60.2 Å². The summed E-state index contributed by atoms with van der Waals surface area (Å²) in [5.41, 5.74) is 1.03. The number of rotatable bonds is 6. The van der Waals surface area contributed by atoms with E-state index in [-0.39, 0.29) is 29.6 Å². The van der Waals surface area contributed by atoms with E-state index in [2.05, 4.69) is 0 Å². The van der Waals surface area contributed by atoms with E-state index >= 15 is 0 Å². The van der Waals surface area contributed by atoms with Gasteiger partial charge in [0, 0.05) is 31.5 Å². The maximum atomic E-state index is 14.1. The van der Waals surface area contributed by atoms with E-state index in [1.807, 2.05) is 54.6 Å². The molecule has 2 amide bonds. The molecule has 1 aromatic carbocycles. The number of nitrogens with zero attached hydrogens (tertiary/aromatic N) is 2. The fraction of sp³-hybridized carbons (Fsp3) is 0.500. The predicted octanol–water partition coefficient (Wildman–Crippen LogP) is 2.16. The van der Waals surface area contributed by atoms with E-state index < -0.39 is 22.6 Å². The quantitative estimate of drug-likeness (QED) is 0.380. The van der Waals surface area contributed by atoms with Gasteiger partial charge in [0.15, 0.2) is 0 Å². The molecule has 0 radical (unpaired) electrons. The number of hydrogen-bond acceptors (Lipinski definition) is 6. The van der Waals surface area contributed by atoms with Crippen LogP contribution in [0.1, 0.15) is 24.8 Å². The van der Waals surface area contributed by atoms with E-state index in [0.29, 0.717) is 45.5 Å². The summed E-state index contributed by atoms with van der Waals surface area (Å²) in [4.78, 5) is 44.5. The standard InChI is InChI=1S/C26H30N2O5S/c29-15-6-5-14-28-22-24(31)27(17-18-9-2-1-3-10-18)13-8-12-26(22)21(23(28)30)20-19(34-26)11-4-7-16-33-25(20)32/h1-4,8-12,19-22,29H,5-7,13-17H2/t19-,20+,21-,22?,26-/m0/s1. The zero-order chi connectivity index (χ0) is 23.7. The molecule has 0 bridgehead atoms. The number of aliphatic hydroxyl groups is 1. The van der Waals surface area contributed by atoms with Crippen LogP contribution in [0.15, 0.2) is 54.6 Å². The summed E-state index contributed by atoms with van der Waals surface area (Å²) in [7, 11) is 0. The number of unbranched alkanes of at least 4 members (excludes halogenated alkanes) is 1. The molecular weight excluding hydrogens is 452 g/mol. The molecule has 4 aliphatic rings. The summed E-state index contributed by atoms with van der Waals surface area (Å²) in [6.07, 6.45) is 9.84. The van der Waals surface area contributed by atoms with Crippen molar-refractivity contribution >= 4 is 29.5 Å². The summed E-state index contributed by atoms with van der Waals surface area (Å²) in [6.45, 7) is 1.63. The Kier molecular flexibility index (Phi) is 6.53. The summed E-state index contributed by atoms with van der Waals surface area (Å²) >= 11 is 1.56. The lowest BCUT2D eigenvalue weighted by atomic mass is 9.78. The van der Waals surface area contributed by atoms with Crippen LogP contribution in [0.4, 0.5) is 0 Å². The van der Waals surface area contributed by atoms with Gasteiger partial charge in [-0.2, -0.15) is 0 Å². The zero-order valence-corrected chi connectivity index (χ0v) is 19.9. The van der Waals surface area contributed by atoms with Gasteiger partial charge in [-0.3, -0.25) is 14.4 Å². The molecule has 1 N–H and O–H groups in total. The van der Waals surface area contributed by atoms with Gasteiger partial charge in [0.05, 0.1) is 23.2 Å². The van der Waals surface area contributed by atoms with E-state index in [1.54, 1.807) is 21.6 Å². The predicted molar refractivity (Wildman–Crippen MR) is 129 cm³/mol. The van der Waals surface area contributed by atoms with Crippen molar-refractivity contribution in [1.82, 2.24) is 9.80 Å². The Balaban J connectivity index is 1.54. The fourth-order valence-corrected chi connectivity index (χ4v) is 7.74. The maximum Gasteiger partial charge on any atom is 0.311 e. The van der Waals surface area contributed by atoms with Gasteiger partial charge in [-0.05, 0) is 24.8 Å². The van der Waals surface area contributed by atoms with Crippen molar-refractivity contribution in [1.29, 1.82) is 0 Å². The number of carbonyl (C=O) groups is 3. The third-order valence-corrected chi connectivity index (χ3v) is 8.97. The zero-order valence-electron chi connectivity index (χ0n) is 19.0. The normalized spacial score (nSPS) is 32.6. The molecule has 0 aliphatic carbocycles. The molecule has 1 spiro atoms. The minimum atomic E-state index is -0.818. The van der Waals surface area contributed by atoms with Crippen LogP contribution in [0.25, 0.3) is 0 Å². The van der Waals surface area contributed by atoms with Crippen molar-refractivity contribution in [2.24, 2.45) is 11.8 Å². The van der Waals surface area contributed by atoms with Gasteiger partial charge in [-0.15, -0.1) is 11.8 Å². The molecule has 1 unspecified atom stereocenters. The molecule has 180 valence electrons. The number of ether oxygens (including phenoxy) is 1. The molecule has 7 nitrogen and oxygen atoms in total. The Hall–Kier alpha value is -2.58. The molecular formula is C26H30N2O5S. The first-order valence-electron chi connectivity index (χ1n) is 12.0. The number of carbonyl (C=O) groups excluding carboxylic acids is 3. The number of thioether (sulfide) groups is 1. The van der Waals surface area contributed by atoms with E-state index in [0.717, 1.165) is 5.56 Å². The van der Waals surface area contributed by atoms with Crippen LogP contribution in [0.3, 0.4) is 0 Å². The number of likely N-dealkylation sites (tertiary alicyclic amines) is 1. The molecule has 8 heteroatoms. The first kappa shape index (κ1) is 23.2.